The van der Waals surface area contributed by atoms with Gasteiger partial charge in [0.2, 0.25) is 5.91 Å². The summed E-state index contributed by atoms with van der Waals surface area (Å²) in [5.41, 5.74) is 1.98. The Labute approximate surface area is 190 Å². The second-order valence-corrected chi connectivity index (χ2v) is 9.00. The molecule has 1 heterocycles. The minimum Gasteiger partial charge on any atom is -0.772 e. The standard InChI is InChI=1S/C19H24N4O9S/c1-9-6-14(26)23(9)15(18(29)30)19(3,33(31)32)8-20-22-16(27)10(2)21-17(28)11-4-5-12(24)13(25)7-11/h4-5,7-10,15,24-25H,6H2,1-3H3,(H,21,28)(H,22,27)(H,29,30)(H,31,32)/p-1/b20-8+/t9-,10+,15+,19+/m1/s1. The highest BCUT2D eigenvalue weighted by molar-refractivity contribution is 7.81. The molecule has 0 saturated carbocycles. The maximum Gasteiger partial charge on any atom is 0.328 e. The molecule has 33 heavy (non-hydrogen) atoms. The van der Waals surface area contributed by atoms with Crippen LogP contribution in [-0.4, -0.2) is 81.8 Å². The number of nitrogens with one attached hydrogen (secondary N) is 2. The summed E-state index contributed by atoms with van der Waals surface area (Å²) in [7, 11) is 0. The van der Waals surface area contributed by atoms with E-state index in [2.05, 4.69) is 10.4 Å². The van der Waals surface area contributed by atoms with E-state index in [0.29, 0.717) is 6.21 Å². The van der Waals surface area contributed by atoms with Crippen LogP contribution in [-0.2, 0) is 25.5 Å². The summed E-state index contributed by atoms with van der Waals surface area (Å²) in [6, 6.07) is -0.127. The van der Waals surface area contributed by atoms with Crippen LogP contribution in [0.2, 0.25) is 0 Å². The number of rotatable bonds is 9. The van der Waals surface area contributed by atoms with E-state index in [1.54, 1.807) is 6.92 Å². The fourth-order valence-corrected chi connectivity index (χ4v) is 3.70. The van der Waals surface area contributed by atoms with Crippen LogP contribution in [0.4, 0.5) is 0 Å². The molecule has 1 aliphatic rings. The molecule has 1 aromatic rings. The summed E-state index contributed by atoms with van der Waals surface area (Å²) >= 11 is -3.04. The Morgan fingerprint density at radius 2 is 1.97 bits per heavy atom. The van der Waals surface area contributed by atoms with Gasteiger partial charge in [-0.25, -0.2) is 10.2 Å². The number of carboxylic acid groups (broad SMARTS) is 1. The average molecular weight is 483 g/mol. The highest BCUT2D eigenvalue weighted by atomic mass is 32.2. The Balaban J connectivity index is 2.10. The van der Waals surface area contributed by atoms with Gasteiger partial charge in [-0.05, 0) is 50.1 Å². The van der Waals surface area contributed by atoms with Crippen LogP contribution >= 0.6 is 0 Å². The number of aromatic hydroxyl groups is 2. The van der Waals surface area contributed by atoms with Gasteiger partial charge >= 0.3 is 5.97 Å². The zero-order valence-electron chi connectivity index (χ0n) is 17.8. The summed E-state index contributed by atoms with van der Waals surface area (Å²) in [5.74, 6) is -4.66. The Bertz CT molecular complexity index is 1030. The second-order valence-electron chi connectivity index (χ2n) is 7.65. The first-order chi connectivity index (χ1) is 15.3. The monoisotopic (exact) mass is 483 g/mol. The molecule has 1 fully saturated rings. The molecule has 5 N–H and O–H groups in total. The van der Waals surface area contributed by atoms with E-state index in [0.717, 1.165) is 24.0 Å². The predicted octanol–water partition coefficient (Wildman–Crippen LogP) is -0.970. The fourth-order valence-electron chi connectivity index (χ4n) is 3.16. The number of phenols is 2. The van der Waals surface area contributed by atoms with Crippen molar-refractivity contribution in [2.75, 3.05) is 0 Å². The van der Waals surface area contributed by atoms with E-state index in [9.17, 15) is 43.3 Å². The lowest BCUT2D eigenvalue weighted by Gasteiger charge is -2.48. The van der Waals surface area contributed by atoms with Crippen molar-refractivity contribution in [2.24, 2.45) is 5.10 Å². The third-order valence-electron chi connectivity index (χ3n) is 5.12. The summed E-state index contributed by atoms with van der Waals surface area (Å²) in [6.45, 7) is 3.92. The number of hydrogen-bond donors (Lipinski definition) is 5. The van der Waals surface area contributed by atoms with E-state index < -0.39 is 69.1 Å². The highest BCUT2D eigenvalue weighted by Crippen LogP contribution is 2.30. The quantitative estimate of drug-likeness (QED) is 0.0960. The van der Waals surface area contributed by atoms with Gasteiger partial charge in [-0.1, -0.05) is 0 Å². The minimum absolute atomic E-state index is 0.0413. The van der Waals surface area contributed by atoms with Gasteiger partial charge < -0.3 is 30.1 Å². The number of hydrogen-bond acceptors (Lipinski definition) is 9. The number of carbonyl (C=O) groups excluding carboxylic acids is 3. The van der Waals surface area contributed by atoms with Gasteiger partial charge in [0.15, 0.2) is 17.5 Å². The van der Waals surface area contributed by atoms with Crippen LogP contribution in [0.1, 0.15) is 37.6 Å². The van der Waals surface area contributed by atoms with Gasteiger partial charge in [-0.15, -0.1) is 0 Å². The van der Waals surface area contributed by atoms with Crippen molar-refractivity contribution >= 4 is 41.0 Å². The lowest BCUT2D eigenvalue weighted by molar-refractivity contribution is -0.161. The van der Waals surface area contributed by atoms with Gasteiger partial charge in [0.1, 0.15) is 6.04 Å². The third kappa shape index (κ3) is 5.46. The molecule has 1 aromatic carbocycles. The molecule has 0 aromatic heterocycles. The van der Waals surface area contributed by atoms with E-state index >= 15 is 0 Å². The van der Waals surface area contributed by atoms with Gasteiger partial charge in [0.05, 0.1) is 4.75 Å². The van der Waals surface area contributed by atoms with Crippen LogP contribution < -0.4 is 10.7 Å². The molecular formula is C19H23N4O9S-. The molecule has 0 bridgehead atoms. The van der Waals surface area contributed by atoms with Crippen LogP contribution in [0.25, 0.3) is 0 Å². The molecule has 1 aliphatic heterocycles. The fraction of sp³-hybridized carbons (Fsp3) is 0.421. The Morgan fingerprint density at radius 3 is 2.45 bits per heavy atom. The van der Waals surface area contributed by atoms with Crippen molar-refractivity contribution in [3.05, 3.63) is 23.8 Å². The molecule has 180 valence electrons. The molecule has 1 unspecified atom stereocenters. The largest absolute Gasteiger partial charge is 0.772 e. The summed E-state index contributed by atoms with van der Waals surface area (Å²) in [5, 5.41) is 34.2. The summed E-state index contributed by atoms with van der Waals surface area (Å²) in [4.78, 5) is 49.0. The Kier molecular flexibility index (Phi) is 7.76. The normalized spacial score (nSPS) is 20.3. The second kappa shape index (κ2) is 9.95. The van der Waals surface area contributed by atoms with Crippen molar-refractivity contribution in [2.45, 2.75) is 50.1 Å². The topological polar surface area (TPSA) is 209 Å². The van der Waals surface area contributed by atoms with E-state index in [1.807, 2.05) is 5.43 Å². The number of likely N-dealkylation sites (tertiary alicyclic amines) is 1. The van der Waals surface area contributed by atoms with Gasteiger partial charge in [0.25, 0.3) is 11.8 Å². The van der Waals surface area contributed by atoms with Crippen LogP contribution in [0.5, 0.6) is 11.5 Å². The number of benzene rings is 1. The number of phenolic OH excluding ortho intramolecular Hbond substituents is 2. The van der Waals surface area contributed by atoms with Crippen molar-refractivity contribution in [1.29, 1.82) is 0 Å². The Morgan fingerprint density at radius 1 is 1.33 bits per heavy atom. The van der Waals surface area contributed by atoms with Crippen LogP contribution in [0.3, 0.4) is 0 Å². The number of carboxylic acids is 1. The molecular weight excluding hydrogens is 460 g/mol. The van der Waals surface area contributed by atoms with Gasteiger partial charge in [-0.2, -0.15) is 5.10 Å². The molecule has 0 aliphatic carbocycles. The van der Waals surface area contributed by atoms with Crippen molar-refractivity contribution in [3.63, 3.8) is 0 Å². The molecule has 1 saturated heterocycles. The first-order valence-corrected chi connectivity index (χ1v) is 10.7. The molecule has 3 amide bonds. The number of aliphatic carboxylic acids is 1. The van der Waals surface area contributed by atoms with Gasteiger partial charge in [0, 0.05) is 24.2 Å². The smallest absolute Gasteiger partial charge is 0.328 e. The molecule has 2 rings (SSSR count). The van der Waals surface area contributed by atoms with Gasteiger partial charge in [-0.3, -0.25) is 18.6 Å². The molecule has 0 radical (unpaired) electrons. The maximum atomic E-state index is 12.2. The minimum atomic E-state index is -3.04. The summed E-state index contributed by atoms with van der Waals surface area (Å²) < 4.78 is 21.6. The first kappa shape index (κ1) is 25.7. The van der Waals surface area contributed by atoms with Crippen molar-refractivity contribution in [1.82, 2.24) is 15.6 Å². The maximum absolute atomic E-state index is 12.2. The van der Waals surface area contributed by atoms with E-state index in [4.69, 9.17) is 0 Å². The lowest BCUT2D eigenvalue weighted by Crippen LogP contribution is -2.67. The molecule has 14 heteroatoms. The lowest BCUT2D eigenvalue weighted by atomic mass is 9.92. The average Bonchev–Trinajstić information content (AvgIpc) is 2.73. The van der Waals surface area contributed by atoms with Crippen molar-refractivity contribution < 1.29 is 43.3 Å². The zero-order valence-corrected chi connectivity index (χ0v) is 18.7. The highest BCUT2D eigenvalue weighted by Gasteiger charge is 2.51. The molecule has 5 atom stereocenters. The van der Waals surface area contributed by atoms with Crippen LogP contribution in [0.15, 0.2) is 23.3 Å². The number of hydrazone groups is 1. The SMILES string of the molecule is C[C@H](NC(=O)c1ccc(O)c(O)c1)C(=O)N/N=C/[C@@](C)([C@H](C(=O)O)N1C(=O)C[C@H]1C)S(=O)[O-]. The zero-order chi connectivity index (χ0) is 25.1. The number of carbonyl (C=O) groups is 4. The first-order valence-electron chi connectivity index (χ1n) is 9.59. The van der Waals surface area contributed by atoms with Crippen LogP contribution in [0, 0.1) is 0 Å². The number of nitrogens with zero attached hydrogens (tertiary/aromatic N) is 2. The number of β-lactam (4-membered cyclic amide) rings is 1. The van der Waals surface area contributed by atoms with E-state index in [-0.39, 0.29) is 12.0 Å². The third-order valence-corrected chi connectivity index (χ3v) is 6.17. The molecule has 0 spiro atoms. The van der Waals surface area contributed by atoms with Crippen molar-refractivity contribution in [3.8, 4) is 11.5 Å². The molecule has 13 nitrogen and oxygen atoms in total. The Hall–Kier alpha value is -3.52. The predicted molar refractivity (Wildman–Crippen MR) is 113 cm³/mol. The summed E-state index contributed by atoms with van der Waals surface area (Å²) in [6.07, 6.45) is 0.785. The number of amides is 3. The van der Waals surface area contributed by atoms with E-state index in [1.165, 1.54) is 13.0 Å².